The molecule has 0 unspecified atom stereocenters. The first-order chi connectivity index (χ1) is 7.68. The number of pyridine rings is 1. The molecule has 1 saturated heterocycles. The Labute approximate surface area is 99.8 Å². The second-order valence-corrected chi connectivity index (χ2v) is 4.52. The lowest BCUT2D eigenvalue weighted by atomic mass is 10.1. The largest absolute Gasteiger partial charge is 0.235 e. The Balaban J connectivity index is 2.35. The van der Waals surface area contributed by atoms with Crippen LogP contribution in [0.5, 0.6) is 0 Å². The van der Waals surface area contributed by atoms with E-state index in [9.17, 15) is 4.39 Å². The number of aromatic nitrogens is 1. The molecule has 1 aromatic heterocycles. The summed E-state index contributed by atoms with van der Waals surface area (Å²) in [6.07, 6.45) is 5.19. The Hall–Kier alpha value is -0.710. The molecule has 1 fully saturated rings. The van der Waals surface area contributed by atoms with E-state index in [-0.39, 0.29) is 5.15 Å². The second kappa shape index (κ2) is 4.65. The number of hydrogen-bond acceptors (Lipinski definition) is 2. The van der Waals surface area contributed by atoms with Gasteiger partial charge < -0.3 is 0 Å². The van der Waals surface area contributed by atoms with Gasteiger partial charge in [0.15, 0.2) is 16.7 Å². The number of hydrogen-bond donors (Lipinski definition) is 1. The Morgan fingerprint density at radius 3 is 2.62 bits per heavy atom. The molecule has 2 heterocycles. The van der Waals surface area contributed by atoms with E-state index in [0.717, 1.165) is 31.6 Å². The SMILES string of the molecule is CN[N+]1(c2cnc(Cl)c(F)c2)CCCCC1. The zero-order valence-electron chi connectivity index (χ0n) is 9.34. The van der Waals surface area contributed by atoms with E-state index in [1.165, 1.54) is 12.5 Å². The summed E-state index contributed by atoms with van der Waals surface area (Å²) in [6, 6.07) is 1.48. The van der Waals surface area contributed by atoms with E-state index in [0.29, 0.717) is 4.59 Å². The lowest BCUT2D eigenvalue weighted by molar-refractivity contribution is 0.172. The van der Waals surface area contributed by atoms with Gasteiger partial charge in [-0.1, -0.05) is 11.6 Å². The maximum atomic E-state index is 13.4. The highest BCUT2D eigenvalue weighted by Crippen LogP contribution is 2.27. The summed E-state index contributed by atoms with van der Waals surface area (Å²) in [5.74, 6) is -0.447. The minimum absolute atomic E-state index is 0.0602. The van der Waals surface area contributed by atoms with Crippen LogP contribution in [0.3, 0.4) is 0 Å². The number of rotatable bonds is 2. The molecule has 1 aliphatic heterocycles. The molecule has 88 valence electrons. The fraction of sp³-hybridized carbons (Fsp3) is 0.545. The van der Waals surface area contributed by atoms with Crippen molar-refractivity contribution in [1.29, 1.82) is 0 Å². The molecule has 0 atom stereocenters. The van der Waals surface area contributed by atoms with Crippen LogP contribution in [0.4, 0.5) is 10.1 Å². The van der Waals surface area contributed by atoms with Crippen molar-refractivity contribution in [3.8, 4) is 0 Å². The topological polar surface area (TPSA) is 24.9 Å². The van der Waals surface area contributed by atoms with Gasteiger partial charge in [0.05, 0.1) is 6.20 Å². The lowest BCUT2D eigenvalue weighted by Crippen LogP contribution is -2.60. The van der Waals surface area contributed by atoms with Gasteiger partial charge in [0.25, 0.3) is 0 Å². The highest BCUT2D eigenvalue weighted by Gasteiger charge is 2.32. The molecule has 0 aliphatic carbocycles. The summed E-state index contributed by atoms with van der Waals surface area (Å²) in [5.41, 5.74) is 4.12. The normalized spacial score (nSPS) is 19.7. The van der Waals surface area contributed by atoms with Crippen LogP contribution in [-0.2, 0) is 0 Å². The van der Waals surface area contributed by atoms with E-state index in [2.05, 4.69) is 10.4 Å². The van der Waals surface area contributed by atoms with Gasteiger partial charge >= 0.3 is 0 Å². The first kappa shape index (κ1) is 11.8. The van der Waals surface area contributed by atoms with Crippen LogP contribution in [0.15, 0.2) is 12.3 Å². The average Bonchev–Trinajstić information content (AvgIpc) is 2.33. The summed E-state index contributed by atoms with van der Waals surface area (Å²) in [5, 5.41) is -0.0602. The van der Waals surface area contributed by atoms with Gasteiger partial charge in [-0.15, -0.1) is 0 Å². The summed E-state index contributed by atoms with van der Waals surface area (Å²) in [7, 11) is 1.90. The summed E-state index contributed by atoms with van der Waals surface area (Å²) < 4.78 is 14.0. The van der Waals surface area contributed by atoms with Crippen molar-refractivity contribution in [2.45, 2.75) is 19.3 Å². The van der Waals surface area contributed by atoms with Crippen LogP contribution in [0.2, 0.25) is 5.15 Å². The van der Waals surface area contributed by atoms with Gasteiger partial charge in [-0.05, 0) is 19.3 Å². The summed E-state index contributed by atoms with van der Waals surface area (Å²) in [4.78, 5) is 3.88. The third kappa shape index (κ3) is 2.05. The molecule has 0 saturated carbocycles. The highest BCUT2D eigenvalue weighted by molar-refractivity contribution is 6.29. The minimum atomic E-state index is -0.447. The monoisotopic (exact) mass is 244 g/mol. The van der Waals surface area contributed by atoms with E-state index >= 15 is 0 Å². The number of halogens is 2. The quantitative estimate of drug-likeness (QED) is 0.639. The third-order valence-electron chi connectivity index (χ3n) is 3.28. The Morgan fingerprint density at radius 1 is 1.38 bits per heavy atom. The number of quaternary nitrogens is 1. The smallest absolute Gasteiger partial charge is 0.173 e. The van der Waals surface area contributed by atoms with Crippen LogP contribution in [-0.4, -0.2) is 25.1 Å². The number of piperidine rings is 1. The average molecular weight is 245 g/mol. The fourth-order valence-electron chi connectivity index (χ4n) is 2.31. The Bertz CT molecular complexity index is 377. The zero-order chi connectivity index (χ0) is 11.6. The molecule has 1 aliphatic rings. The maximum Gasteiger partial charge on any atom is 0.173 e. The van der Waals surface area contributed by atoms with Crippen molar-refractivity contribution in [2.24, 2.45) is 0 Å². The minimum Gasteiger partial charge on any atom is -0.235 e. The zero-order valence-corrected chi connectivity index (χ0v) is 10.1. The van der Waals surface area contributed by atoms with Crippen LogP contribution >= 0.6 is 11.6 Å². The molecule has 0 spiro atoms. The Morgan fingerprint density at radius 2 is 2.06 bits per heavy atom. The molecule has 2 rings (SSSR count). The van der Waals surface area contributed by atoms with Crippen molar-refractivity contribution in [3.05, 3.63) is 23.2 Å². The molecular weight excluding hydrogens is 229 g/mol. The molecular formula is C11H16ClFN3+. The van der Waals surface area contributed by atoms with Crippen molar-refractivity contribution >= 4 is 17.3 Å². The van der Waals surface area contributed by atoms with Crippen LogP contribution in [0.1, 0.15) is 19.3 Å². The van der Waals surface area contributed by atoms with Gasteiger partial charge in [-0.25, -0.2) is 14.0 Å². The molecule has 16 heavy (non-hydrogen) atoms. The van der Waals surface area contributed by atoms with Crippen LogP contribution in [0.25, 0.3) is 0 Å². The molecule has 5 heteroatoms. The first-order valence-electron chi connectivity index (χ1n) is 5.56. The molecule has 1 aromatic rings. The predicted molar refractivity (Wildman–Crippen MR) is 63.6 cm³/mol. The fourth-order valence-corrected chi connectivity index (χ4v) is 2.41. The van der Waals surface area contributed by atoms with E-state index in [4.69, 9.17) is 11.6 Å². The van der Waals surface area contributed by atoms with Crippen molar-refractivity contribution in [3.63, 3.8) is 0 Å². The van der Waals surface area contributed by atoms with E-state index in [1.807, 2.05) is 7.05 Å². The third-order valence-corrected chi connectivity index (χ3v) is 3.56. The summed E-state index contributed by atoms with van der Waals surface area (Å²) in [6.45, 7) is 1.94. The van der Waals surface area contributed by atoms with Crippen molar-refractivity contribution < 1.29 is 4.39 Å². The Kier molecular flexibility index (Phi) is 3.42. The molecule has 3 nitrogen and oxygen atoms in total. The van der Waals surface area contributed by atoms with Gasteiger partial charge in [0.1, 0.15) is 13.1 Å². The number of nitrogens with one attached hydrogen (secondary N) is 1. The standard InChI is InChI=1S/C11H16ClFN3/c1-14-16(5-3-2-4-6-16)9-7-10(13)11(12)15-8-9/h7-8,14H,2-6H2,1H3/q+1. The second-order valence-electron chi connectivity index (χ2n) is 4.17. The molecule has 1 N–H and O–H groups in total. The van der Waals surface area contributed by atoms with Crippen molar-refractivity contribution in [1.82, 2.24) is 15.0 Å². The molecule has 0 amide bonds. The molecule has 0 aromatic carbocycles. The first-order valence-corrected chi connectivity index (χ1v) is 5.93. The maximum absolute atomic E-state index is 13.4. The van der Waals surface area contributed by atoms with Gasteiger partial charge in [-0.2, -0.15) is 5.43 Å². The van der Waals surface area contributed by atoms with Crippen LogP contribution in [0, 0.1) is 5.82 Å². The van der Waals surface area contributed by atoms with Crippen LogP contribution < -0.4 is 10.0 Å². The van der Waals surface area contributed by atoms with E-state index in [1.54, 1.807) is 6.20 Å². The summed E-state index contributed by atoms with van der Waals surface area (Å²) >= 11 is 5.59. The van der Waals surface area contributed by atoms with E-state index < -0.39 is 5.82 Å². The lowest BCUT2D eigenvalue weighted by Gasteiger charge is -2.38. The predicted octanol–water partition coefficient (Wildman–Crippen LogP) is 2.50. The van der Waals surface area contributed by atoms with Crippen molar-refractivity contribution in [2.75, 3.05) is 20.1 Å². The highest BCUT2D eigenvalue weighted by atomic mass is 35.5. The van der Waals surface area contributed by atoms with Gasteiger partial charge in [-0.3, -0.25) is 0 Å². The molecule has 0 bridgehead atoms. The van der Waals surface area contributed by atoms with Gasteiger partial charge in [0, 0.05) is 13.1 Å². The van der Waals surface area contributed by atoms with Gasteiger partial charge in [0.2, 0.25) is 0 Å². The number of nitrogens with zero attached hydrogens (tertiary/aromatic N) is 2. The molecule has 0 radical (unpaired) electrons.